The lowest BCUT2D eigenvalue weighted by atomic mass is 10.0. The molecule has 5 nitrogen and oxygen atoms in total. The van der Waals surface area contributed by atoms with Gasteiger partial charge in [-0.2, -0.15) is 0 Å². The van der Waals surface area contributed by atoms with E-state index in [0.717, 1.165) is 0 Å². The summed E-state index contributed by atoms with van der Waals surface area (Å²) in [6, 6.07) is 1.71. The Morgan fingerprint density at radius 3 is 2.93 bits per heavy atom. The van der Waals surface area contributed by atoms with Gasteiger partial charge in [-0.3, -0.25) is 4.79 Å². The number of hydrogen-bond acceptors (Lipinski definition) is 4. The van der Waals surface area contributed by atoms with Crippen LogP contribution >= 0.6 is 0 Å². The van der Waals surface area contributed by atoms with E-state index < -0.39 is 11.4 Å². The highest BCUT2D eigenvalue weighted by molar-refractivity contribution is 5.89. The van der Waals surface area contributed by atoms with E-state index in [0.29, 0.717) is 35.5 Å². The summed E-state index contributed by atoms with van der Waals surface area (Å²) in [6.07, 6.45) is 1.20. The van der Waals surface area contributed by atoms with Crippen molar-refractivity contribution in [2.45, 2.75) is 25.2 Å². The van der Waals surface area contributed by atoms with Gasteiger partial charge < -0.3 is 14.0 Å². The van der Waals surface area contributed by atoms with Gasteiger partial charge in [-0.1, -0.05) is 5.16 Å². The molecule has 0 saturated heterocycles. The zero-order chi connectivity index (χ0) is 10.6. The number of carbonyl (C=O) groups is 1. The second kappa shape index (κ2) is 2.42. The molecule has 0 unspecified atom stereocenters. The van der Waals surface area contributed by atoms with Crippen molar-refractivity contribution in [1.82, 2.24) is 5.16 Å². The molecule has 0 amide bonds. The average molecular weight is 207 g/mol. The van der Waals surface area contributed by atoms with Crippen LogP contribution in [0.4, 0.5) is 0 Å². The van der Waals surface area contributed by atoms with Crippen molar-refractivity contribution in [3.63, 3.8) is 0 Å². The number of aromatic nitrogens is 1. The van der Waals surface area contributed by atoms with Crippen LogP contribution in [0.1, 0.15) is 24.3 Å². The number of nitrogens with zero attached hydrogens (tertiary/aromatic N) is 1. The molecule has 2 heterocycles. The van der Waals surface area contributed by atoms with Crippen molar-refractivity contribution >= 4 is 17.1 Å². The van der Waals surface area contributed by atoms with Crippen LogP contribution in [-0.2, 0) is 10.2 Å². The van der Waals surface area contributed by atoms with Gasteiger partial charge in [0.25, 0.3) is 0 Å². The first-order valence-corrected chi connectivity index (χ1v) is 4.73. The molecule has 0 atom stereocenters. The highest BCUT2D eigenvalue weighted by atomic mass is 16.5. The first kappa shape index (κ1) is 8.52. The Morgan fingerprint density at radius 1 is 1.60 bits per heavy atom. The van der Waals surface area contributed by atoms with Gasteiger partial charge in [-0.25, -0.2) is 0 Å². The van der Waals surface area contributed by atoms with Crippen LogP contribution in [-0.4, -0.2) is 16.2 Å². The fourth-order valence-electron chi connectivity index (χ4n) is 1.84. The first-order valence-electron chi connectivity index (χ1n) is 4.73. The highest BCUT2D eigenvalue weighted by Gasteiger charge is 2.56. The maximum atomic E-state index is 11.1. The number of carboxylic acids is 1. The molecule has 1 saturated carbocycles. The topological polar surface area (TPSA) is 76.5 Å². The summed E-state index contributed by atoms with van der Waals surface area (Å²) in [6.45, 7) is 1.79. The largest absolute Gasteiger partial charge is 0.481 e. The smallest absolute Gasteiger partial charge is 0.316 e. The molecule has 0 aromatic carbocycles. The SMILES string of the molecule is Cc1cc2onc(C3(C(=O)O)CC3)c2o1. The minimum absolute atomic E-state index is 0.429. The van der Waals surface area contributed by atoms with Gasteiger partial charge in [0.05, 0.1) is 0 Å². The molecule has 15 heavy (non-hydrogen) atoms. The van der Waals surface area contributed by atoms with Crippen molar-refractivity contribution in [2.24, 2.45) is 0 Å². The van der Waals surface area contributed by atoms with E-state index in [1.165, 1.54) is 0 Å². The number of hydrogen-bond donors (Lipinski definition) is 1. The maximum Gasteiger partial charge on any atom is 0.316 e. The van der Waals surface area contributed by atoms with E-state index in [9.17, 15) is 4.79 Å². The predicted octanol–water partition coefficient (Wildman–Crippen LogP) is 1.85. The minimum Gasteiger partial charge on any atom is -0.481 e. The van der Waals surface area contributed by atoms with E-state index in [1.54, 1.807) is 13.0 Å². The first-order chi connectivity index (χ1) is 7.13. The summed E-state index contributed by atoms with van der Waals surface area (Å²) in [7, 11) is 0. The zero-order valence-electron chi connectivity index (χ0n) is 8.11. The average Bonchev–Trinajstić information content (AvgIpc) is 2.76. The second-order valence-electron chi connectivity index (χ2n) is 3.97. The van der Waals surface area contributed by atoms with Gasteiger partial charge >= 0.3 is 5.97 Å². The van der Waals surface area contributed by atoms with Gasteiger partial charge in [0.2, 0.25) is 5.58 Å². The molecule has 3 rings (SSSR count). The van der Waals surface area contributed by atoms with Crippen LogP contribution < -0.4 is 0 Å². The van der Waals surface area contributed by atoms with Crippen LogP contribution in [0.3, 0.4) is 0 Å². The third kappa shape index (κ3) is 0.973. The van der Waals surface area contributed by atoms with Crippen LogP contribution in [0, 0.1) is 6.92 Å². The van der Waals surface area contributed by atoms with Crippen LogP contribution in [0.15, 0.2) is 15.0 Å². The monoisotopic (exact) mass is 207 g/mol. The van der Waals surface area contributed by atoms with E-state index in [4.69, 9.17) is 14.0 Å². The fraction of sp³-hybridized carbons (Fsp3) is 0.400. The normalized spacial score (nSPS) is 18.2. The van der Waals surface area contributed by atoms with Gasteiger partial charge in [-0.05, 0) is 19.8 Å². The Balaban J connectivity index is 2.23. The predicted molar refractivity (Wildman–Crippen MR) is 49.6 cm³/mol. The molecule has 0 aliphatic heterocycles. The number of aryl methyl sites for hydroxylation is 1. The number of rotatable bonds is 2. The molecule has 2 aromatic heterocycles. The van der Waals surface area contributed by atoms with Crippen LogP contribution in [0.25, 0.3) is 11.2 Å². The molecule has 5 heteroatoms. The van der Waals surface area contributed by atoms with Crippen LogP contribution in [0.5, 0.6) is 0 Å². The summed E-state index contributed by atoms with van der Waals surface area (Å²) in [5.41, 5.74) is 0.566. The minimum atomic E-state index is -0.866. The number of furan rings is 1. The Hall–Kier alpha value is -1.78. The van der Waals surface area contributed by atoms with E-state index >= 15 is 0 Å². The molecule has 0 spiro atoms. The Labute approximate surface area is 84.6 Å². The third-order valence-corrected chi connectivity index (χ3v) is 2.88. The van der Waals surface area contributed by atoms with Gasteiger partial charge in [0.15, 0.2) is 5.58 Å². The molecule has 1 N–H and O–H groups in total. The maximum absolute atomic E-state index is 11.1. The molecule has 0 bridgehead atoms. The summed E-state index contributed by atoms with van der Waals surface area (Å²) >= 11 is 0. The quantitative estimate of drug-likeness (QED) is 0.813. The number of carboxylic acid groups (broad SMARTS) is 1. The second-order valence-corrected chi connectivity index (χ2v) is 3.97. The Kier molecular flexibility index (Phi) is 1.37. The molecule has 2 aromatic rings. The molecule has 0 radical (unpaired) electrons. The Bertz CT molecular complexity index is 547. The van der Waals surface area contributed by atoms with Crippen molar-refractivity contribution in [3.8, 4) is 0 Å². The van der Waals surface area contributed by atoms with Gasteiger partial charge in [0, 0.05) is 6.07 Å². The summed E-state index contributed by atoms with van der Waals surface area (Å²) in [5.74, 6) is -0.152. The summed E-state index contributed by atoms with van der Waals surface area (Å²) in [4.78, 5) is 11.1. The van der Waals surface area contributed by atoms with Crippen molar-refractivity contribution < 1.29 is 18.8 Å². The van der Waals surface area contributed by atoms with Crippen molar-refractivity contribution in [2.75, 3.05) is 0 Å². The molecule has 1 fully saturated rings. The number of aliphatic carboxylic acids is 1. The van der Waals surface area contributed by atoms with E-state index in [1.807, 2.05) is 0 Å². The lowest BCUT2D eigenvalue weighted by Crippen LogP contribution is -2.19. The zero-order valence-corrected chi connectivity index (χ0v) is 8.11. The highest BCUT2D eigenvalue weighted by Crippen LogP contribution is 2.50. The summed E-state index contributed by atoms with van der Waals surface area (Å²) in [5, 5.41) is 12.9. The van der Waals surface area contributed by atoms with E-state index in [-0.39, 0.29) is 0 Å². The lowest BCUT2D eigenvalue weighted by molar-refractivity contribution is -0.140. The molecule has 1 aliphatic rings. The van der Waals surface area contributed by atoms with E-state index in [2.05, 4.69) is 5.16 Å². The van der Waals surface area contributed by atoms with Gasteiger partial charge in [-0.15, -0.1) is 0 Å². The van der Waals surface area contributed by atoms with Crippen molar-refractivity contribution in [3.05, 3.63) is 17.5 Å². The molecular formula is C10H9NO4. The summed E-state index contributed by atoms with van der Waals surface area (Å²) < 4.78 is 10.4. The Morgan fingerprint density at radius 2 is 2.33 bits per heavy atom. The fourth-order valence-corrected chi connectivity index (χ4v) is 1.84. The standard InChI is InChI=1S/C10H9NO4/c1-5-4-6-7(14-5)8(11-15-6)10(2-3-10)9(12)13/h4H,2-3H2,1H3,(H,12,13). The molecule has 78 valence electrons. The van der Waals surface area contributed by atoms with Crippen LogP contribution in [0.2, 0.25) is 0 Å². The number of fused-ring (bicyclic) bond motifs is 1. The van der Waals surface area contributed by atoms with Crippen molar-refractivity contribution in [1.29, 1.82) is 0 Å². The third-order valence-electron chi connectivity index (χ3n) is 2.88. The molecule has 1 aliphatic carbocycles. The lowest BCUT2D eigenvalue weighted by Gasteiger charge is -2.02. The van der Waals surface area contributed by atoms with Gasteiger partial charge in [0.1, 0.15) is 16.9 Å². The molecular weight excluding hydrogens is 198 g/mol.